The molecule has 190 valence electrons. The van der Waals surface area contributed by atoms with Gasteiger partial charge >= 0.3 is 0 Å². The van der Waals surface area contributed by atoms with Crippen LogP contribution < -0.4 is 0 Å². The lowest BCUT2D eigenvalue weighted by Crippen LogP contribution is -2.13. The summed E-state index contributed by atoms with van der Waals surface area (Å²) in [6.45, 7) is 9.48. The van der Waals surface area contributed by atoms with Gasteiger partial charge in [-0.15, -0.1) is 0 Å². The van der Waals surface area contributed by atoms with Gasteiger partial charge < -0.3 is 0 Å². The lowest BCUT2D eigenvalue weighted by molar-refractivity contribution is 0.538. The van der Waals surface area contributed by atoms with Crippen LogP contribution in [0.5, 0.6) is 0 Å². The van der Waals surface area contributed by atoms with Gasteiger partial charge in [-0.25, -0.2) is 0 Å². The Kier molecular flexibility index (Phi) is 31.8. The van der Waals surface area contributed by atoms with E-state index in [9.17, 15) is 0 Å². The zero-order valence-electron chi connectivity index (χ0n) is 22.8. The van der Waals surface area contributed by atoms with Crippen molar-refractivity contribution in [2.45, 2.75) is 156 Å². The Balaban J connectivity index is 0. The second-order valence-corrected chi connectivity index (χ2v) is 14.4. The first-order valence-electron chi connectivity index (χ1n) is 14.5. The highest BCUT2D eigenvalue weighted by atomic mass is 79.9. The maximum Gasteiger partial charge on any atom is 0.0594 e. The maximum absolute atomic E-state index is 2.94. The molecule has 0 atom stereocenters. The van der Waals surface area contributed by atoms with Gasteiger partial charge in [-0.1, -0.05) is 140 Å². The molecule has 0 heterocycles. The number of rotatable bonds is 24. The molecule has 0 nitrogen and oxygen atoms in total. The first kappa shape index (κ1) is 34.1. The molecule has 0 fully saturated rings. The van der Waals surface area contributed by atoms with E-state index in [2.05, 4.69) is 43.6 Å². The minimum absolute atomic E-state index is 0.630. The standard InChI is InChI=1S/C28H60P.CH3Br/c1-5-9-13-14-15-16-17-18-19-20-21-22-23-24-28-29(25-10-6-2,26-11-7-3)27-12-8-4;1-2/h5-28H2,1-4H3;1H3/q+1;. The van der Waals surface area contributed by atoms with Crippen LogP contribution in [0.2, 0.25) is 0 Å². The highest BCUT2D eigenvalue weighted by Crippen LogP contribution is 2.61. The minimum atomic E-state index is -0.630. The number of hydrogen-bond acceptors (Lipinski definition) is 0. The molecule has 0 radical (unpaired) electrons. The van der Waals surface area contributed by atoms with E-state index in [1.807, 2.05) is 5.83 Å². The SMILES string of the molecule is CBr.CCCCCCCCCCCCCCCC[P+](CCCC)(CCCC)CCCC. The monoisotopic (exact) mass is 521 g/mol. The van der Waals surface area contributed by atoms with E-state index in [1.54, 1.807) is 31.1 Å². The molecule has 31 heavy (non-hydrogen) atoms. The molecule has 0 N–H and O–H groups in total. The van der Waals surface area contributed by atoms with E-state index in [4.69, 9.17) is 0 Å². The molecule has 0 spiro atoms. The van der Waals surface area contributed by atoms with E-state index in [0.29, 0.717) is 0 Å². The van der Waals surface area contributed by atoms with Gasteiger partial charge in [0.05, 0.1) is 24.6 Å². The van der Waals surface area contributed by atoms with Crippen molar-refractivity contribution in [1.82, 2.24) is 0 Å². The molecule has 0 aromatic carbocycles. The Labute approximate surface area is 209 Å². The normalized spacial score (nSPS) is 11.4. The quantitative estimate of drug-likeness (QED) is 0.0672. The van der Waals surface area contributed by atoms with E-state index in [0.717, 1.165) is 0 Å². The Bertz CT molecular complexity index is 283. The maximum atomic E-state index is 2.94. The van der Waals surface area contributed by atoms with E-state index >= 15 is 0 Å². The lowest BCUT2D eigenvalue weighted by atomic mass is 10.0. The van der Waals surface area contributed by atoms with Gasteiger partial charge in [-0.2, -0.15) is 0 Å². The van der Waals surface area contributed by atoms with Crippen molar-refractivity contribution in [2.24, 2.45) is 0 Å². The Morgan fingerprint density at radius 2 is 0.548 bits per heavy atom. The van der Waals surface area contributed by atoms with Crippen LogP contribution in [0.25, 0.3) is 0 Å². The fraction of sp³-hybridized carbons (Fsp3) is 1.00. The van der Waals surface area contributed by atoms with Crippen molar-refractivity contribution in [3.05, 3.63) is 0 Å². The van der Waals surface area contributed by atoms with Gasteiger partial charge in [0.25, 0.3) is 0 Å². The summed E-state index contributed by atoms with van der Waals surface area (Å²) in [6, 6.07) is 0. The summed E-state index contributed by atoms with van der Waals surface area (Å²) in [7, 11) is -0.630. The van der Waals surface area contributed by atoms with E-state index < -0.39 is 7.26 Å². The predicted molar refractivity (Wildman–Crippen MR) is 156 cm³/mol. The van der Waals surface area contributed by atoms with Crippen molar-refractivity contribution < 1.29 is 0 Å². The largest absolute Gasteiger partial charge is 0.0966 e. The number of alkyl halides is 1. The third-order valence-corrected chi connectivity index (χ3v) is 12.0. The molecule has 0 aliphatic rings. The highest BCUT2D eigenvalue weighted by molar-refractivity contribution is 9.08. The molecule has 0 saturated carbocycles. The second-order valence-electron chi connectivity index (χ2n) is 9.89. The third kappa shape index (κ3) is 23.9. The van der Waals surface area contributed by atoms with Crippen LogP contribution in [0.15, 0.2) is 0 Å². The first-order valence-corrected chi connectivity index (χ1v) is 18.6. The molecule has 0 aliphatic heterocycles. The van der Waals surface area contributed by atoms with Crippen LogP contribution in [0, 0.1) is 0 Å². The first-order chi connectivity index (χ1) is 15.2. The van der Waals surface area contributed by atoms with E-state index in [-0.39, 0.29) is 0 Å². The molecule has 2 heteroatoms. The van der Waals surface area contributed by atoms with Gasteiger partial charge in [-0.3, -0.25) is 0 Å². The molecular formula is C29H63BrP+. The van der Waals surface area contributed by atoms with Crippen LogP contribution in [0.1, 0.15) is 156 Å². The zero-order valence-corrected chi connectivity index (χ0v) is 25.3. The highest BCUT2D eigenvalue weighted by Gasteiger charge is 2.34. The van der Waals surface area contributed by atoms with Crippen LogP contribution in [-0.2, 0) is 0 Å². The summed E-state index contributed by atoms with van der Waals surface area (Å²) in [5.41, 5.74) is 0. The lowest BCUT2D eigenvalue weighted by Gasteiger charge is -2.28. The number of hydrogen-bond donors (Lipinski definition) is 0. The van der Waals surface area contributed by atoms with E-state index in [1.165, 1.54) is 122 Å². The molecule has 0 saturated heterocycles. The number of unbranched alkanes of at least 4 members (excludes halogenated alkanes) is 16. The molecule has 0 rings (SSSR count). The van der Waals surface area contributed by atoms with Crippen molar-refractivity contribution in [2.75, 3.05) is 30.5 Å². The summed E-state index contributed by atoms with van der Waals surface area (Å²) in [4.78, 5) is 0. The fourth-order valence-electron chi connectivity index (χ4n) is 4.79. The van der Waals surface area contributed by atoms with Crippen molar-refractivity contribution in [3.8, 4) is 0 Å². The van der Waals surface area contributed by atoms with Crippen LogP contribution >= 0.6 is 23.2 Å². The van der Waals surface area contributed by atoms with Crippen LogP contribution in [0.3, 0.4) is 0 Å². The van der Waals surface area contributed by atoms with Gasteiger partial charge in [-0.05, 0) is 37.9 Å². The predicted octanol–water partition coefficient (Wildman–Crippen LogP) is 11.9. The topological polar surface area (TPSA) is 0 Å². The van der Waals surface area contributed by atoms with Gasteiger partial charge in [0, 0.05) is 7.26 Å². The summed E-state index contributed by atoms with van der Waals surface area (Å²) in [5, 5.41) is 0. The molecule has 0 bridgehead atoms. The molecule has 0 amide bonds. The molecular weight excluding hydrogens is 459 g/mol. The average molecular weight is 523 g/mol. The smallest absolute Gasteiger partial charge is 0.0594 e. The third-order valence-electron chi connectivity index (χ3n) is 6.94. The summed E-state index contributed by atoms with van der Waals surface area (Å²) >= 11 is 2.94. The Morgan fingerprint density at radius 1 is 0.323 bits per heavy atom. The summed E-state index contributed by atoms with van der Waals surface area (Å²) in [6.07, 6.45) is 36.0. The number of halogens is 1. The zero-order chi connectivity index (χ0) is 23.5. The van der Waals surface area contributed by atoms with Crippen LogP contribution in [-0.4, -0.2) is 30.5 Å². The molecule has 0 aromatic heterocycles. The van der Waals surface area contributed by atoms with Crippen molar-refractivity contribution in [3.63, 3.8) is 0 Å². The summed E-state index contributed by atoms with van der Waals surface area (Å²) < 4.78 is 0. The van der Waals surface area contributed by atoms with Gasteiger partial charge in [0.2, 0.25) is 0 Å². The Hall–Kier alpha value is 0.910. The fourth-order valence-corrected chi connectivity index (χ4v) is 9.99. The van der Waals surface area contributed by atoms with Gasteiger partial charge in [0.1, 0.15) is 0 Å². The molecule has 0 aliphatic carbocycles. The minimum Gasteiger partial charge on any atom is -0.0966 e. The molecule has 0 unspecified atom stereocenters. The summed E-state index contributed by atoms with van der Waals surface area (Å²) in [5.74, 6) is 1.81. The Morgan fingerprint density at radius 3 is 0.839 bits per heavy atom. The second kappa shape index (κ2) is 28.9. The van der Waals surface area contributed by atoms with Gasteiger partial charge in [0.15, 0.2) is 0 Å². The van der Waals surface area contributed by atoms with Crippen molar-refractivity contribution in [1.29, 1.82) is 0 Å². The average Bonchev–Trinajstić information content (AvgIpc) is 2.81. The van der Waals surface area contributed by atoms with Crippen molar-refractivity contribution >= 4 is 23.2 Å². The van der Waals surface area contributed by atoms with Crippen LogP contribution in [0.4, 0.5) is 0 Å². The molecule has 0 aromatic rings.